The number of hydrogen-bond donors (Lipinski definition) is 3. The maximum atomic E-state index is 12.3. The van der Waals surface area contributed by atoms with Gasteiger partial charge in [0.05, 0.1) is 25.5 Å². The molecule has 1 amide bonds. The number of carbonyl (C=O) groups is 1. The lowest BCUT2D eigenvalue weighted by Crippen LogP contribution is -2.60. The molecule has 4 rings (SSSR count). The summed E-state index contributed by atoms with van der Waals surface area (Å²) in [5.74, 6) is -0.495. The number of imidazole rings is 1. The summed E-state index contributed by atoms with van der Waals surface area (Å²) >= 11 is 0. The fourth-order valence-corrected chi connectivity index (χ4v) is 3.68. The molecule has 3 N–H and O–H groups in total. The van der Waals surface area contributed by atoms with Gasteiger partial charge >= 0.3 is 5.69 Å². The summed E-state index contributed by atoms with van der Waals surface area (Å²) in [6.07, 6.45) is -0.622. The van der Waals surface area contributed by atoms with Gasteiger partial charge < -0.3 is 24.8 Å². The predicted octanol–water partition coefficient (Wildman–Crippen LogP) is -2.25. The minimum atomic E-state index is -1.33. The zero-order valence-corrected chi connectivity index (χ0v) is 16.9. The van der Waals surface area contributed by atoms with Gasteiger partial charge in [0.2, 0.25) is 0 Å². The number of rotatable bonds is 4. The van der Waals surface area contributed by atoms with Crippen LogP contribution in [0, 0.1) is 0 Å². The van der Waals surface area contributed by atoms with Crippen LogP contribution in [0.15, 0.2) is 40.3 Å². The highest BCUT2D eigenvalue weighted by Gasteiger charge is 2.39. The minimum absolute atomic E-state index is 0.0378. The molecule has 0 bridgehead atoms. The van der Waals surface area contributed by atoms with Crippen molar-refractivity contribution in [3.63, 3.8) is 0 Å². The molecular weight excluding hydrogens is 408 g/mol. The molecular formula is C19H22N6O6. The van der Waals surface area contributed by atoms with Crippen molar-refractivity contribution in [2.24, 2.45) is 14.1 Å². The van der Waals surface area contributed by atoms with Crippen LogP contribution in [-0.4, -0.2) is 70.8 Å². The number of aromatic nitrogens is 5. The van der Waals surface area contributed by atoms with Gasteiger partial charge in [0.15, 0.2) is 5.52 Å². The Balaban J connectivity index is 1.51. The van der Waals surface area contributed by atoms with E-state index in [1.807, 2.05) is 0 Å². The van der Waals surface area contributed by atoms with Crippen molar-refractivity contribution >= 4 is 17.1 Å². The monoisotopic (exact) mass is 430 g/mol. The first kappa shape index (κ1) is 20.9. The van der Waals surface area contributed by atoms with E-state index >= 15 is 0 Å². The average molecular weight is 430 g/mol. The Morgan fingerprint density at radius 2 is 1.97 bits per heavy atom. The summed E-state index contributed by atoms with van der Waals surface area (Å²) in [7, 11) is 2.88. The Labute approximate surface area is 175 Å². The van der Waals surface area contributed by atoms with E-state index in [0.717, 1.165) is 4.57 Å². The number of fused-ring (bicyclic) bond motifs is 1. The Morgan fingerprint density at radius 1 is 1.19 bits per heavy atom. The van der Waals surface area contributed by atoms with Crippen LogP contribution in [0.3, 0.4) is 0 Å². The molecule has 0 radical (unpaired) electrons. The van der Waals surface area contributed by atoms with Gasteiger partial charge in [0.25, 0.3) is 11.5 Å². The van der Waals surface area contributed by atoms with Crippen molar-refractivity contribution < 1.29 is 19.7 Å². The van der Waals surface area contributed by atoms with E-state index < -0.39 is 41.5 Å². The first-order valence-corrected chi connectivity index (χ1v) is 9.60. The first-order valence-electron chi connectivity index (χ1n) is 9.60. The van der Waals surface area contributed by atoms with Crippen LogP contribution in [0.25, 0.3) is 11.2 Å². The summed E-state index contributed by atoms with van der Waals surface area (Å²) in [5.41, 5.74) is -0.473. The molecule has 3 aromatic heterocycles. The second-order valence-corrected chi connectivity index (χ2v) is 7.42. The van der Waals surface area contributed by atoms with Gasteiger partial charge in [-0.05, 0) is 12.1 Å². The summed E-state index contributed by atoms with van der Waals surface area (Å²) in [4.78, 5) is 44.9. The molecule has 0 aromatic carbocycles. The van der Waals surface area contributed by atoms with Crippen molar-refractivity contribution in [2.75, 3.05) is 6.61 Å². The summed E-state index contributed by atoms with van der Waals surface area (Å²) < 4.78 is 9.46. The van der Waals surface area contributed by atoms with Gasteiger partial charge in [-0.1, -0.05) is 6.07 Å². The number of pyridine rings is 1. The highest BCUT2D eigenvalue weighted by atomic mass is 16.5. The van der Waals surface area contributed by atoms with Crippen molar-refractivity contribution in [3.8, 4) is 0 Å². The maximum absolute atomic E-state index is 12.3. The molecule has 31 heavy (non-hydrogen) atoms. The number of carbonyl (C=O) groups excluding carboxylic acids is 1. The van der Waals surface area contributed by atoms with Gasteiger partial charge in [-0.3, -0.25) is 23.7 Å². The van der Waals surface area contributed by atoms with E-state index in [2.05, 4.69) is 15.3 Å². The maximum Gasteiger partial charge on any atom is 0.332 e. The number of nitrogens with one attached hydrogen (secondary N) is 1. The Morgan fingerprint density at radius 3 is 2.68 bits per heavy atom. The molecule has 1 fully saturated rings. The molecule has 12 heteroatoms. The number of aliphatic hydroxyl groups is 2. The molecule has 1 saturated heterocycles. The van der Waals surface area contributed by atoms with Crippen molar-refractivity contribution in [1.29, 1.82) is 0 Å². The Bertz CT molecular complexity index is 1230. The molecule has 1 aliphatic rings. The number of aryl methyl sites for hydroxylation is 1. The first-order chi connectivity index (χ1) is 14.8. The normalized spacial score (nSPS) is 23.7. The second-order valence-electron chi connectivity index (χ2n) is 7.42. The fraction of sp³-hybridized carbons (Fsp3) is 0.421. The highest BCUT2D eigenvalue weighted by molar-refractivity contribution is 5.92. The predicted molar refractivity (Wildman–Crippen MR) is 107 cm³/mol. The molecule has 4 heterocycles. The summed E-state index contributed by atoms with van der Waals surface area (Å²) in [5, 5.41) is 23.7. The van der Waals surface area contributed by atoms with Crippen LogP contribution in [0.5, 0.6) is 0 Å². The van der Waals surface area contributed by atoms with Gasteiger partial charge in [-0.2, -0.15) is 0 Å². The van der Waals surface area contributed by atoms with Crippen LogP contribution >= 0.6 is 0 Å². The number of aliphatic hydroxyl groups excluding tert-OH is 2. The van der Waals surface area contributed by atoms with Gasteiger partial charge in [-0.15, -0.1) is 0 Å². The Hall–Kier alpha value is -3.35. The molecule has 1 aliphatic heterocycles. The topological polar surface area (TPSA) is 154 Å². The van der Waals surface area contributed by atoms with Crippen LogP contribution in [0.1, 0.15) is 10.5 Å². The molecule has 0 aliphatic carbocycles. The van der Waals surface area contributed by atoms with E-state index in [-0.39, 0.29) is 30.0 Å². The van der Waals surface area contributed by atoms with Gasteiger partial charge in [0, 0.05) is 20.3 Å². The number of nitrogens with zero attached hydrogens (tertiary/aromatic N) is 5. The number of hydrogen-bond acceptors (Lipinski definition) is 8. The van der Waals surface area contributed by atoms with Crippen LogP contribution in [-0.2, 0) is 25.4 Å². The zero-order valence-electron chi connectivity index (χ0n) is 16.9. The molecule has 0 spiro atoms. The quantitative estimate of drug-likeness (QED) is 0.419. The molecule has 12 nitrogen and oxygen atoms in total. The van der Waals surface area contributed by atoms with Crippen LogP contribution in [0.4, 0.5) is 0 Å². The third-order valence-corrected chi connectivity index (χ3v) is 5.43. The van der Waals surface area contributed by atoms with Crippen LogP contribution < -0.4 is 16.6 Å². The minimum Gasteiger partial charge on any atom is -0.388 e. The largest absolute Gasteiger partial charge is 0.388 e. The molecule has 0 unspecified atom stereocenters. The van der Waals surface area contributed by atoms with Crippen LogP contribution in [0.2, 0.25) is 0 Å². The highest BCUT2D eigenvalue weighted by Crippen LogP contribution is 2.19. The van der Waals surface area contributed by atoms with E-state index in [1.54, 1.807) is 12.1 Å². The van der Waals surface area contributed by atoms with E-state index in [1.165, 1.54) is 41.8 Å². The standard InChI is InChI=1S/C19H22N6O6/c1-23-17-13(18(29)24(2)19(23)30)21-9-25(17)7-12-15(27)14(26)11(8-31-12)22-16(28)10-5-3-4-6-20-10/h3-6,9,11-12,14-15,26-27H,7-8H2,1-2H3,(H,22,28)/t11-,12-,14+,15-/m1/s1. The summed E-state index contributed by atoms with van der Waals surface area (Å²) in [6.45, 7) is -0.00905. The third kappa shape index (κ3) is 3.65. The number of ether oxygens (including phenoxy) is 1. The van der Waals surface area contributed by atoms with Gasteiger partial charge in [-0.25, -0.2) is 9.78 Å². The van der Waals surface area contributed by atoms with Crippen molar-refractivity contribution in [3.05, 3.63) is 57.3 Å². The summed E-state index contributed by atoms with van der Waals surface area (Å²) in [6, 6.07) is 4.03. The second kappa shape index (κ2) is 8.06. The number of amides is 1. The van der Waals surface area contributed by atoms with Crippen molar-refractivity contribution in [2.45, 2.75) is 30.9 Å². The lowest BCUT2D eigenvalue weighted by molar-refractivity contribution is -0.152. The van der Waals surface area contributed by atoms with Gasteiger partial charge in [0.1, 0.15) is 29.7 Å². The lowest BCUT2D eigenvalue weighted by Gasteiger charge is -2.38. The Kier molecular flexibility index (Phi) is 5.43. The smallest absolute Gasteiger partial charge is 0.332 e. The lowest BCUT2D eigenvalue weighted by atomic mass is 9.97. The van der Waals surface area contributed by atoms with E-state index in [9.17, 15) is 24.6 Å². The SMILES string of the molecule is Cn1c(=O)c2ncn(C[C@H]3OC[C@@H](NC(=O)c4ccccn4)[C@H](O)[C@@H]3O)c2n(C)c1=O. The fourth-order valence-electron chi connectivity index (χ4n) is 3.68. The third-order valence-electron chi connectivity index (χ3n) is 5.43. The van der Waals surface area contributed by atoms with E-state index in [0.29, 0.717) is 0 Å². The molecule has 0 saturated carbocycles. The zero-order chi connectivity index (χ0) is 22.3. The van der Waals surface area contributed by atoms with Crippen molar-refractivity contribution in [1.82, 2.24) is 29.0 Å². The van der Waals surface area contributed by atoms with E-state index in [4.69, 9.17) is 4.74 Å². The molecule has 3 aromatic rings. The average Bonchev–Trinajstić information content (AvgIpc) is 3.20. The molecule has 164 valence electrons. The molecule has 4 atom stereocenters.